The highest BCUT2D eigenvalue weighted by Crippen LogP contribution is 2.50. The highest BCUT2D eigenvalue weighted by atomic mass is 32.2. The lowest BCUT2D eigenvalue weighted by atomic mass is 9.66. The second kappa shape index (κ2) is 14.7. The minimum absolute atomic E-state index is 0.268. The van der Waals surface area contributed by atoms with Gasteiger partial charge in [-0.15, -0.1) is 5.02 Å². The van der Waals surface area contributed by atoms with Crippen LogP contribution in [0.2, 0.25) is 0 Å². The third kappa shape index (κ3) is 8.34. The van der Waals surface area contributed by atoms with Crippen LogP contribution in [0.5, 0.6) is 0 Å². The van der Waals surface area contributed by atoms with Crippen LogP contribution >= 0.6 is 19.7 Å². The van der Waals surface area contributed by atoms with Gasteiger partial charge in [-0.1, -0.05) is 98.3 Å². The molecule has 0 heterocycles. The monoisotopic (exact) mass is 600 g/mol. The summed E-state index contributed by atoms with van der Waals surface area (Å²) in [5, 5.41) is 3.16. The van der Waals surface area contributed by atoms with E-state index < -0.39 is 9.21 Å². The summed E-state index contributed by atoms with van der Waals surface area (Å²) in [5.74, 6) is 11.9. The molecule has 0 aromatic heterocycles. The molecule has 0 amide bonds. The Labute approximate surface area is 261 Å². The van der Waals surface area contributed by atoms with Crippen LogP contribution in [-0.4, -0.2) is 40.8 Å². The van der Waals surface area contributed by atoms with E-state index in [4.69, 9.17) is 0 Å². The number of aryl methyl sites for hydroxylation is 4. The van der Waals surface area contributed by atoms with Crippen molar-refractivity contribution in [2.75, 3.05) is 24.0 Å². The molecule has 2 aliphatic carbocycles. The molecule has 2 aromatic rings. The second-order valence-corrected chi connectivity index (χ2v) is 18.7. The maximum absolute atomic E-state index is 4.37. The molecule has 0 bridgehead atoms. The topological polar surface area (TPSA) is 0 Å². The molecular formula is C40H56S2. The number of hydrogen-bond acceptors (Lipinski definition) is 0. The van der Waals surface area contributed by atoms with Gasteiger partial charge in [0.2, 0.25) is 0 Å². The van der Waals surface area contributed by atoms with Gasteiger partial charge in [0.05, 0.1) is 0 Å². The summed E-state index contributed by atoms with van der Waals surface area (Å²) in [6.07, 6.45) is 23.2. The molecule has 4 atom stereocenters. The average molecular weight is 601 g/mol. The largest absolute Gasteiger partial charge is 0.196 e. The van der Waals surface area contributed by atoms with Crippen molar-refractivity contribution in [2.24, 2.45) is 11.3 Å². The van der Waals surface area contributed by atoms with Crippen LogP contribution in [0, 0.1) is 18.3 Å². The molecule has 0 nitrogen and oxygen atoms in total. The molecule has 2 aromatic carbocycles. The van der Waals surface area contributed by atoms with Gasteiger partial charge in [-0.25, -0.2) is 0 Å². The zero-order valence-corrected chi connectivity index (χ0v) is 29.0. The van der Waals surface area contributed by atoms with Gasteiger partial charge in [-0.3, -0.25) is 0 Å². The SMILES string of the molecule is C=C=S(=C)(C)CCCCc1cc(C)c(-c2cccc(CCC3=CCC4(C)C(=C3)CCCCC4CS(=C)C)c2)c(CC)c1. The van der Waals surface area contributed by atoms with E-state index >= 15 is 0 Å². The van der Waals surface area contributed by atoms with Crippen molar-refractivity contribution in [1.29, 1.82) is 0 Å². The highest BCUT2D eigenvalue weighted by molar-refractivity contribution is 8.27. The van der Waals surface area contributed by atoms with E-state index in [9.17, 15) is 0 Å². The van der Waals surface area contributed by atoms with Crippen molar-refractivity contribution in [2.45, 2.75) is 91.4 Å². The summed E-state index contributed by atoms with van der Waals surface area (Å²) >= 11 is 0. The Hall–Kier alpha value is -1.99. The summed E-state index contributed by atoms with van der Waals surface area (Å²) in [6, 6.07) is 14.3. The third-order valence-electron chi connectivity index (χ3n) is 9.95. The van der Waals surface area contributed by atoms with Crippen molar-refractivity contribution in [3.8, 4) is 11.1 Å². The molecular weight excluding hydrogens is 545 g/mol. The fourth-order valence-corrected chi connectivity index (χ4v) is 9.50. The summed E-state index contributed by atoms with van der Waals surface area (Å²) in [5.41, 5.74) is 12.3. The van der Waals surface area contributed by atoms with E-state index in [2.05, 4.69) is 105 Å². The molecule has 0 radical (unpaired) electrons. The molecule has 1 saturated carbocycles. The van der Waals surface area contributed by atoms with Gasteiger partial charge in [0, 0.05) is 0 Å². The van der Waals surface area contributed by atoms with Crippen LogP contribution in [0.25, 0.3) is 11.1 Å². The lowest BCUT2D eigenvalue weighted by Gasteiger charge is -2.41. The van der Waals surface area contributed by atoms with E-state index in [1.54, 1.807) is 11.1 Å². The maximum atomic E-state index is 4.37. The number of hydrogen-bond donors (Lipinski definition) is 0. The number of allylic oxidation sites excluding steroid dienone is 4. The Bertz CT molecular complexity index is 1490. The van der Waals surface area contributed by atoms with Crippen molar-refractivity contribution >= 4 is 36.5 Å². The second-order valence-electron chi connectivity index (χ2n) is 13.5. The van der Waals surface area contributed by atoms with Gasteiger partial charge in [-0.2, -0.15) is 19.7 Å². The fourth-order valence-electron chi connectivity index (χ4n) is 7.29. The normalized spacial score (nSPS) is 22.6. The number of benzene rings is 2. The Kier molecular flexibility index (Phi) is 11.5. The van der Waals surface area contributed by atoms with Crippen LogP contribution in [0.1, 0.15) is 87.5 Å². The van der Waals surface area contributed by atoms with E-state index in [0.29, 0.717) is 5.41 Å². The average Bonchev–Trinajstić information content (AvgIpc) is 3.11. The Morgan fingerprint density at radius 2 is 1.88 bits per heavy atom. The van der Waals surface area contributed by atoms with Crippen molar-refractivity contribution < 1.29 is 0 Å². The molecule has 42 heavy (non-hydrogen) atoms. The Morgan fingerprint density at radius 1 is 1.07 bits per heavy atom. The molecule has 1 fully saturated rings. The molecule has 0 aliphatic heterocycles. The number of fused-ring (bicyclic) bond motifs is 1. The molecule has 4 rings (SSSR count). The Balaban J connectivity index is 1.45. The first-order chi connectivity index (χ1) is 20.0. The number of unbranched alkanes of at least 4 members (excludes halogenated alkanes) is 1. The Morgan fingerprint density at radius 3 is 2.62 bits per heavy atom. The lowest BCUT2D eigenvalue weighted by Crippen LogP contribution is -2.31. The summed E-state index contributed by atoms with van der Waals surface area (Å²) in [6.45, 7) is 11.0. The lowest BCUT2D eigenvalue weighted by molar-refractivity contribution is 0.252. The summed E-state index contributed by atoms with van der Waals surface area (Å²) in [7, 11) is -0.721. The summed E-state index contributed by atoms with van der Waals surface area (Å²) < 4.78 is 0. The molecule has 228 valence electrons. The van der Waals surface area contributed by atoms with Gasteiger partial charge < -0.3 is 0 Å². The predicted molar refractivity (Wildman–Crippen MR) is 200 cm³/mol. The maximum Gasteiger partial charge on any atom is -0.00426 e. The molecule has 0 spiro atoms. The van der Waals surface area contributed by atoms with Gasteiger partial charge in [0.1, 0.15) is 0 Å². The minimum Gasteiger partial charge on any atom is -0.196 e. The molecule has 2 aliphatic rings. The minimum atomic E-state index is -0.990. The van der Waals surface area contributed by atoms with Crippen molar-refractivity contribution in [3.63, 3.8) is 0 Å². The smallest absolute Gasteiger partial charge is 0.00426 e. The summed E-state index contributed by atoms with van der Waals surface area (Å²) in [4.78, 5) is 0. The first-order valence-corrected chi connectivity index (χ1v) is 20.6. The van der Waals surface area contributed by atoms with Gasteiger partial charge in [0.25, 0.3) is 0 Å². The third-order valence-corrected chi connectivity index (χ3v) is 12.8. The van der Waals surface area contributed by atoms with E-state index in [-0.39, 0.29) is 10.5 Å². The van der Waals surface area contributed by atoms with E-state index in [0.717, 1.165) is 37.4 Å². The van der Waals surface area contributed by atoms with Crippen molar-refractivity contribution in [3.05, 3.63) is 88.5 Å². The van der Waals surface area contributed by atoms with Gasteiger partial charge >= 0.3 is 0 Å². The quantitative estimate of drug-likeness (QED) is 0.168. The van der Waals surface area contributed by atoms with Crippen LogP contribution in [0.3, 0.4) is 0 Å². The van der Waals surface area contributed by atoms with Crippen LogP contribution < -0.4 is 0 Å². The zero-order chi connectivity index (χ0) is 30.3. The van der Waals surface area contributed by atoms with Crippen LogP contribution in [-0.2, 0) is 19.3 Å². The predicted octanol–water partition coefficient (Wildman–Crippen LogP) is 10.7. The molecule has 0 saturated heterocycles. The van der Waals surface area contributed by atoms with Gasteiger partial charge in [0.15, 0.2) is 0 Å². The highest BCUT2D eigenvalue weighted by Gasteiger charge is 2.39. The fraction of sp³-hybridized carbons (Fsp3) is 0.500. The van der Waals surface area contributed by atoms with E-state index in [1.807, 2.05) is 0 Å². The molecule has 2 heteroatoms. The first-order valence-electron chi connectivity index (χ1n) is 16.2. The first kappa shape index (κ1) is 32.9. The molecule has 4 unspecified atom stereocenters. The number of rotatable bonds is 12. The zero-order valence-electron chi connectivity index (χ0n) is 27.3. The van der Waals surface area contributed by atoms with E-state index in [1.165, 1.54) is 84.1 Å². The standard InChI is InChI=1S/C40H56S2/c1-9-35-28-34(16-13-14-25-42(7,8)10-2)26-31(3)39(35)36-18-15-17-32(27-36)21-22-33-23-24-40(4)37(29-33)19-11-12-20-38(40)30-41(5)6/h15,17-18,23,26-29,38H,2,5,7,9,11-14,16,19-22,24-25,30H2,1,3-4,6,8H3. The van der Waals surface area contributed by atoms with Gasteiger partial charge in [-0.05, 0) is 140 Å². The van der Waals surface area contributed by atoms with Crippen LogP contribution in [0.4, 0.5) is 0 Å². The van der Waals surface area contributed by atoms with Crippen LogP contribution in [0.15, 0.2) is 66.3 Å². The molecule has 0 N–H and O–H groups in total. The van der Waals surface area contributed by atoms with Crippen molar-refractivity contribution in [1.82, 2.24) is 0 Å².